The monoisotopic (exact) mass is 213 g/mol. The lowest BCUT2D eigenvalue weighted by molar-refractivity contribution is 0.103. The Morgan fingerprint density at radius 1 is 1.33 bits per heavy atom. The van der Waals surface area contributed by atoms with Crippen LogP contribution in [-0.2, 0) is 4.74 Å². The van der Waals surface area contributed by atoms with Gasteiger partial charge in [0.1, 0.15) is 0 Å². The molecule has 0 heterocycles. The van der Waals surface area contributed by atoms with E-state index >= 15 is 0 Å². The summed E-state index contributed by atoms with van der Waals surface area (Å²) in [4.78, 5) is 0. The van der Waals surface area contributed by atoms with Crippen LogP contribution in [0.4, 0.5) is 0 Å². The minimum Gasteiger partial charge on any atom is -0.380 e. The van der Waals surface area contributed by atoms with Gasteiger partial charge in [-0.1, -0.05) is 20.8 Å². The molecule has 0 aliphatic heterocycles. The van der Waals surface area contributed by atoms with E-state index < -0.39 is 0 Å². The van der Waals surface area contributed by atoms with E-state index in [9.17, 15) is 0 Å². The van der Waals surface area contributed by atoms with Crippen LogP contribution < -0.4 is 5.32 Å². The minimum absolute atomic E-state index is 0.528. The van der Waals surface area contributed by atoms with Gasteiger partial charge in [0.2, 0.25) is 0 Å². The summed E-state index contributed by atoms with van der Waals surface area (Å²) in [5.74, 6) is 1.56. The maximum absolute atomic E-state index is 5.53. The molecule has 2 heteroatoms. The third kappa shape index (κ3) is 4.52. The first kappa shape index (κ1) is 13.0. The van der Waals surface area contributed by atoms with Crippen LogP contribution in [0.1, 0.15) is 47.0 Å². The number of nitrogens with one attached hydrogen (secondary N) is 1. The van der Waals surface area contributed by atoms with Gasteiger partial charge in [-0.05, 0) is 38.0 Å². The largest absolute Gasteiger partial charge is 0.380 e. The van der Waals surface area contributed by atoms with Gasteiger partial charge in [0.05, 0.1) is 6.61 Å². The molecule has 1 fully saturated rings. The zero-order valence-electron chi connectivity index (χ0n) is 10.8. The zero-order valence-corrected chi connectivity index (χ0v) is 10.8. The average Bonchev–Trinajstić information content (AvgIpc) is 2.58. The molecule has 0 spiro atoms. The second kappa shape index (κ2) is 6.49. The molecule has 1 aliphatic rings. The summed E-state index contributed by atoms with van der Waals surface area (Å²) in [6.45, 7) is 10.7. The van der Waals surface area contributed by atoms with Crippen LogP contribution in [0.2, 0.25) is 0 Å². The van der Waals surface area contributed by atoms with Crippen LogP contribution in [0.5, 0.6) is 0 Å². The van der Waals surface area contributed by atoms with Gasteiger partial charge in [-0.25, -0.2) is 0 Å². The molecule has 0 aromatic heterocycles. The van der Waals surface area contributed by atoms with Gasteiger partial charge in [-0.3, -0.25) is 0 Å². The molecule has 0 aromatic carbocycles. The Labute approximate surface area is 94.8 Å². The lowest BCUT2D eigenvalue weighted by Crippen LogP contribution is -2.43. The van der Waals surface area contributed by atoms with Crippen molar-refractivity contribution in [3.8, 4) is 0 Å². The summed E-state index contributed by atoms with van der Waals surface area (Å²) < 4.78 is 5.53. The Morgan fingerprint density at radius 3 is 2.53 bits per heavy atom. The predicted octanol–water partition coefficient (Wildman–Crippen LogP) is 2.83. The molecular weight excluding hydrogens is 186 g/mol. The fourth-order valence-corrected chi connectivity index (χ4v) is 2.34. The van der Waals surface area contributed by atoms with Crippen molar-refractivity contribution < 1.29 is 4.74 Å². The number of rotatable bonds is 6. The number of hydrogen-bond donors (Lipinski definition) is 1. The van der Waals surface area contributed by atoms with Crippen LogP contribution in [0, 0.1) is 11.8 Å². The standard InChI is InChI=1S/C13H27NO/c1-5-15-9-13(10(2)3)14-12-7-6-11(4)8-12/h10-14H,5-9H2,1-4H3. The number of hydrogen-bond acceptors (Lipinski definition) is 2. The lowest BCUT2D eigenvalue weighted by Gasteiger charge is -2.26. The molecule has 0 aromatic rings. The van der Waals surface area contributed by atoms with E-state index in [0.717, 1.165) is 25.2 Å². The van der Waals surface area contributed by atoms with Crippen molar-refractivity contribution >= 4 is 0 Å². The molecule has 1 aliphatic carbocycles. The average molecular weight is 213 g/mol. The molecule has 0 saturated heterocycles. The normalized spacial score (nSPS) is 28.6. The summed E-state index contributed by atoms with van der Waals surface area (Å²) in [7, 11) is 0. The van der Waals surface area contributed by atoms with Crippen molar-refractivity contribution in [3.05, 3.63) is 0 Å². The summed E-state index contributed by atoms with van der Waals surface area (Å²) in [6, 6.07) is 1.26. The summed E-state index contributed by atoms with van der Waals surface area (Å²) in [5, 5.41) is 3.76. The van der Waals surface area contributed by atoms with Crippen molar-refractivity contribution in [2.24, 2.45) is 11.8 Å². The molecular formula is C13H27NO. The first-order chi connectivity index (χ1) is 7.13. The van der Waals surface area contributed by atoms with Crippen LogP contribution in [0.25, 0.3) is 0 Å². The first-order valence-corrected chi connectivity index (χ1v) is 6.47. The SMILES string of the molecule is CCOCC(NC1CCC(C)C1)C(C)C. The van der Waals surface area contributed by atoms with E-state index in [4.69, 9.17) is 4.74 Å². The van der Waals surface area contributed by atoms with Gasteiger partial charge in [0.25, 0.3) is 0 Å². The van der Waals surface area contributed by atoms with E-state index in [1.165, 1.54) is 19.3 Å². The van der Waals surface area contributed by atoms with Gasteiger partial charge < -0.3 is 10.1 Å². The highest BCUT2D eigenvalue weighted by Gasteiger charge is 2.24. The first-order valence-electron chi connectivity index (χ1n) is 6.47. The van der Waals surface area contributed by atoms with E-state index in [1.807, 2.05) is 0 Å². The van der Waals surface area contributed by atoms with Gasteiger partial charge in [0.15, 0.2) is 0 Å². The van der Waals surface area contributed by atoms with E-state index in [0.29, 0.717) is 12.0 Å². The molecule has 90 valence electrons. The van der Waals surface area contributed by atoms with Crippen molar-refractivity contribution in [3.63, 3.8) is 0 Å². The van der Waals surface area contributed by atoms with E-state index in [2.05, 4.69) is 33.0 Å². The topological polar surface area (TPSA) is 21.3 Å². The van der Waals surface area contributed by atoms with Gasteiger partial charge >= 0.3 is 0 Å². The smallest absolute Gasteiger partial charge is 0.0622 e. The van der Waals surface area contributed by atoms with E-state index in [1.54, 1.807) is 0 Å². The molecule has 2 nitrogen and oxygen atoms in total. The molecule has 3 unspecified atom stereocenters. The van der Waals surface area contributed by atoms with Crippen LogP contribution in [0.15, 0.2) is 0 Å². The maximum atomic E-state index is 5.53. The van der Waals surface area contributed by atoms with Crippen LogP contribution in [0.3, 0.4) is 0 Å². The Bertz CT molecular complexity index is 170. The fourth-order valence-electron chi connectivity index (χ4n) is 2.34. The molecule has 1 saturated carbocycles. The third-order valence-electron chi connectivity index (χ3n) is 3.45. The minimum atomic E-state index is 0.528. The second-order valence-corrected chi connectivity index (χ2v) is 5.29. The molecule has 0 radical (unpaired) electrons. The third-order valence-corrected chi connectivity index (χ3v) is 3.45. The Balaban J connectivity index is 2.30. The highest BCUT2D eigenvalue weighted by molar-refractivity contribution is 4.82. The van der Waals surface area contributed by atoms with Crippen LogP contribution >= 0.6 is 0 Å². The quantitative estimate of drug-likeness (QED) is 0.732. The lowest BCUT2D eigenvalue weighted by atomic mass is 10.0. The molecule has 0 bridgehead atoms. The highest BCUT2D eigenvalue weighted by Crippen LogP contribution is 2.25. The maximum Gasteiger partial charge on any atom is 0.0622 e. The number of ether oxygens (including phenoxy) is 1. The Kier molecular flexibility index (Phi) is 5.62. The fraction of sp³-hybridized carbons (Fsp3) is 1.00. The molecule has 15 heavy (non-hydrogen) atoms. The predicted molar refractivity (Wildman–Crippen MR) is 65.1 cm³/mol. The van der Waals surface area contributed by atoms with Gasteiger partial charge in [-0.2, -0.15) is 0 Å². The summed E-state index contributed by atoms with van der Waals surface area (Å²) >= 11 is 0. The zero-order chi connectivity index (χ0) is 11.3. The Morgan fingerprint density at radius 2 is 2.07 bits per heavy atom. The van der Waals surface area contributed by atoms with Crippen molar-refractivity contribution in [1.82, 2.24) is 5.32 Å². The molecule has 3 atom stereocenters. The molecule has 0 amide bonds. The van der Waals surface area contributed by atoms with Crippen molar-refractivity contribution in [2.75, 3.05) is 13.2 Å². The van der Waals surface area contributed by atoms with Gasteiger partial charge in [0, 0.05) is 18.7 Å². The van der Waals surface area contributed by atoms with E-state index in [-0.39, 0.29) is 0 Å². The highest BCUT2D eigenvalue weighted by atomic mass is 16.5. The van der Waals surface area contributed by atoms with Crippen molar-refractivity contribution in [1.29, 1.82) is 0 Å². The van der Waals surface area contributed by atoms with Crippen LogP contribution in [-0.4, -0.2) is 25.3 Å². The van der Waals surface area contributed by atoms with Crippen molar-refractivity contribution in [2.45, 2.75) is 59.0 Å². The second-order valence-electron chi connectivity index (χ2n) is 5.29. The summed E-state index contributed by atoms with van der Waals surface area (Å²) in [6.07, 6.45) is 4.07. The molecule has 1 N–H and O–H groups in total. The Hall–Kier alpha value is -0.0800. The summed E-state index contributed by atoms with van der Waals surface area (Å²) in [5.41, 5.74) is 0. The van der Waals surface area contributed by atoms with Gasteiger partial charge in [-0.15, -0.1) is 0 Å². The molecule has 1 rings (SSSR count).